The quantitative estimate of drug-likeness (QED) is 0.769. The lowest BCUT2D eigenvalue weighted by molar-refractivity contribution is -0.120. The zero-order valence-corrected chi connectivity index (χ0v) is 10.4. The molecule has 0 aromatic heterocycles. The number of hydrogen-bond donors (Lipinski definition) is 3. The highest BCUT2D eigenvalue weighted by Gasteiger charge is 2.42. The third-order valence-electron chi connectivity index (χ3n) is 4.01. The van der Waals surface area contributed by atoms with Crippen LogP contribution in [0.15, 0.2) is 24.3 Å². The summed E-state index contributed by atoms with van der Waals surface area (Å²) in [5.41, 5.74) is 0.733. The number of carbonyl (C=O) groups is 2. The van der Waals surface area contributed by atoms with E-state index in [0.717, 1.165) is 19.3 Å². The summed E-state index contributed by atoms with van der Waals surface area (Å²) in [6.45, 7) is 0. The molecule has 2 heterocycles. The van der Waals surface area contributed by atoms with E-state index in [1.807, 2.05) is 0 Å². The lowest BCUT2D eigenvalue weighted by Crippen LogP contribution is -2.32. The fourth-order valence-electron chi connectivity index (χ4n) is 3.08. The molecule has 0 radical (unpaired) electrons. The van der Waals surface area contributed by atoms with Gasteiger partial charge in [0.1, 0.15) is 0 Å². The number of carboxylic acid groups (broad SMARTS) is 1. The molecule has 1 aromatic carbocycles. The van der Waals surface area contributed by atoms with E-state index >= 15 is 0 Å². The van der Waals surface area contributed by atoms with Gasteiger partial charge in [0.2, 0.25) is 5.91 Å². The maximum absolute atomic E-state index is 12.2. The van der Waals surface area contributed by atoms with E-state index in [2.05, 4.69) is 10.6 Å². The Kier molecular flexibility index (Phi) is 2.98. The van der Waals surface area contributed by atoms with Gasteiger partial charge in [-0.1, -0.05) is 6.07 Å². The Labute approximate surface area is 111 Å². The van der Waals surface area contributed by atoms with Gasteiger partial charge in [0.25, 0.3) is 0 Å². The highest BCUT2D eigenvalue weighted by molar-refractivity contribution is 5.95. The zero-order chi connectivity index (χ0) is 13.4. The normalized spacial score (nSPS) is 28.3. The van der Waals surface area contributed by atoms with Crippen LogP contribution in [0.1, 0.15) is 29.6 Å². The van der Waals surface area contributed by atoms with Crippen LogP contribution in [0.5, 0.6) is 0 Å². The number of carboxylic acids is 1. The molecule has 2 aliphatic rings. The lowest BCUT2D eigenvalue weighted by Gasteiger charge is -2.19. The average Bonchev–Trinajstić information content (AvgIpc) is 3.01. The van der Waals surface area contributed by atoms with E-state index in [4.69, 9.17) is 5.11 Å². The van der Waals surface area contributed by atoms with Crippen LogP contribution in [-0.2, 0) is 4.79 Å². The summed E-state index contributed by atoms with van der Waals surface area (Å²) in [6.07, 6.45) is 3.09. The fraction of sp³-hybridized carbons (Fsp3) is 0.429. The number of nitrogens with one attached hydrogen (secondary N) is 2. The molecule has 2 aliphatic heterocycles. The average molecular weight is 260 g/mol. The number of carbonyl (C=O) groups excluding carboxylic acids is 1. The van der Waals surface area contributed by atoms with Crippen LogP contribution in [0.25, 0.3) is 0 Å². The van der Waals surface area contributed by atoms with E-state index in [1.165, 1.54) is 12.1 Å². The Bertz CT molecular complexity index is 529. The van der Waals surface area contributed by atoms with Crippen LogP contribution >= 0.6 is 0 Å². The zero-order valence-electron chi connectivity index (χ0n) is 10.4. The van der Waals surface area contributed by atoms with Gasteiger partial charge in [-0.2, -0.15) is 0 Å². The lowest BCUT2D eigenvalue weighted by atomic mass is 9.88. The number of anilines is 1. The summed E-state index contributed by atoms with van der Waals surface area (Å²) < 4.78 is 0. The summed E-state index contributed by atoms with van der Waals surface area (Å²) in [7, 11) is 0. The van der Waals surface area contributed by atoms with Crippen molar-refractivity contribution < 1.29 is 14.7 Å². The highest BCUT2D eigenvalue weighted by atomic mass is 16.4. The van der Waals surface area contributed by atoms with Gasteiger partial charge in [-0.3, -0.25) is 4.79 Å². The maximum atomic E-state index is 12.2. The fourth-order valence-corrected chi connectivity index (χ4v) is 3.08. The van der Waals surface area contributed by atoms with Gasteiger partial charge < -0.3 is 15.7 Å². The van der Waals surface area contributed by atoms with Crippen molar-refractivity contribution in [2.24, 2.45) is 5.92 Å². The Morgan fingerprint density at radius 2 is 2.16 bits per heavy atom. The van der Waals surface area contributed by atoms with Crippen molar-refractivity contribution in [2.75, 3.05) is 5.32 Å². The standard InChI is InChI=1S/C14H16N2O3/c17-13(11-7-10-4-5-12(11)15-10)16-9-3-1-2-8(6-9)14(18)19/h1-3,6,10-12,15H,4-5,7H2,(H,16,17)(H,18,19). The summed E-state index contributed by atoms with van der Waals surface area (Å²) >= 11 is 0. The third-order valence-corrected chi connectivity index (χ3v) is 4.01. The van der Waals surface area contributed by atoms with Crippen LogP contribution in [-0.4, -0.2) is 29.1 Å². The first-order valence-electron chi connectivity index (χ1n) is 6.54. The van der Waals surface area contributed by atoms with E-state index in [0.29, 0.717) is 11.7 Å². The highest BCUT2D eigenvalue weighted by Crippen LogP contribution is 2.33. The molecule has 3 atom stereocenters. The Morgan fingerprint density at radius 3 is 2.79 bits per heavy atom. The minimum atomic E-state index is -0.988. The smallest absolute Gasteiger partial charge is 0.335 e. The Morgan fingerprint density at radius 1 is 1.32 bits per heavy atom. The maximum Gasteiger partial charge on any atom is 0.335 e. The first-order valence-corrected chi connectivity index (χ1v) is 6.54. The second-order valence-electron chi connectivity index (χ2n) is 5.26. The molecule has 1 amide bonds. The molecule has 5 heteroatoms. The Hall–Kier alpha value is -1.88. The van der Waals surface area contributed by atoms with Crippen LogP contribution in [0.4, 0.5) is 5.69 Å². The van der Waals surface area contributed by atoms with Gasteiger partial charge in [0.05, 0.1) is 11.5 Å². The number of rotatable bonds is 3. The molecule has 0 aliphatic carbocycles. The first kappa shape index (κ1) is 12.2. The summed E-state index contributed by atoms with van der Waals surface area (Å²) in [5, 5.41) is 15.2. The third kappa shape index (κ3) is 2.33. The second kappa shape index (κ2) is 4.66. The van der Waals surface area contributed by atoms with Gasteiger partial charge in [0, 0.05) is 17.8 Å². The molecule has 100 valence electrons. The predicted octanol–water partition coefficient (Wildman–Crippen LogP) is 1.46. The van der Waals surface area contributed by atoms with Gasteiger partial charge in [0.15, 0.2) is 0 Å². The minimum Gasteiger partial charge on any atom is -0.478 e. The molecular weight excluding hydrogens is 244 g/mol. The van der Waals surface area contributed by atoms with Crippen LogP contribution in [0, 0.1) is 5.92 Å². The van der Waals surface area contributed by atoms with E-state index in [-0.39, 0.29) is 23.4 Å². The van der Waals surface area contributed by atoms with Crippen LogP contribution in [0.3, 0.4) is 0 Å². The van der Waals surface area contributed by atoms with Gasteiger partial charge >= 0.3 is 5.97 Å². The topological polar surface area (TPSA) is 78.4 Å². The number of amides is 1. The van der Waals surface area contributed by atoms with Gasteiger partial charge in [-0.25, -0.2) is 4.79 Å². The van der Waals surface area contributed by atoms with Crippen molar-refractivity contribution in [1.82, 2.24) is 5.32 Å². The van der Waals surface area contributed by atoms with Crippen molar-refractivity contribution in [3.8, 4) is 0 Å². The van der Waals surface area contributed by atoms with E-state index in [9.17, 15) is 9.59 Å². The van der Waals surface area contributed by atoms with Crippen molar-refractivity contribution in [1.29, 1.82) is 0 Å². The molecule has 3 unspecified atom stereocenters. The Balaban J connectivity index is 1.69. The van der Waals surface area contributed by atoms with E-state index in [1.54, 1.807) is 12.1 Å². The SMILES string of the molecule is O=C(O)c1cccc(NC(=O)C2CC3CCC2N3)c1. The number of fused-ring (bicyclic) bond motifs is 2. The largest absolute Gasteiger partial charge is 0.478 e. The summed E-state index contributed by atoms with van der Waals surface area (Å²) in [6, 6.07) is 7.11. The first-order chi connectivity index (χ1) is 9.13. The molecule has 0 spiro atoms. The molecule has 3 rings (SSSR count). The van der Waals surface area contributed by atoms with Gasteiger partial charge in [-0.05, 0) is 37.5 Å². The molecule has 19 heavy (non-hydrogen) atoms. The van der Waals surface area contributed by atoms with Crippen molar-refractivity contribution in [2.45, 2.75) is 31.3 Å². The van der Waals surface area contributed by atoms with Crippen molar-refractivity contribution in [3.63, 3.8) is 0 Å². The minimum absolute atomic E-state index is 0.00670. The van der Waals surface area contributed by atoms with Crippen LogP contribution < -0.4 is 10.6 Å². The van der Waals surface area contributed by atoms with Crippen molar-refractivity contribution in [3.05, 3.63) is 29.8 Å². The predicted molar refractivity (Wildman–Crippen MR) is 70.1 cm³/mol. The molecule has 5 nitrogen and oxygen atoms in total. The summed E-state index contributed by atoms with van der Waals surface area (Å²) in [5.74, 6) is -0.993. The second-order valence-corrected chi connectivity index (χ2v) is 5.26. The molecular formula is C14H16N2O3. The van der Waals surface area contributed by atoms with Crippen LogP contribution in [0.2, 0.25) is 0 Å². The molecule has 1 aromatic rings. The number of hydrogen-bond acceptors (Lipinski definition) is 3. The monoisotopic (exact) mass is 260 g/mol. The van der Waals surface area contributed by atoms with Gasteiger partial charge in [-0.15, -0.1) is 0 Å². The molecule has 2 fully saturated rings. The van der Waals surface area contributed by atoms with Crippen molar-refractivity contribution >= 4 is 17.6 Å². The number of benzene rings is 1. The van der Waals surface area contributed by atoms with E-state index < -0.39 is 5.97 Å². The molecule has 2 bridgehead atoms. The summed E-state index contributed by atoms with van der Waals surface area (Å²) in [4.78, 5) is 23.1. The molecule has 0 saturated carbocycles. The molecule has 2 saturated heterocycles. The number of aromatic carboxylic acids is 1. The molecule has 3 N–H and O–H groups in total.